The number of hydrogen-bond donors (Lipinski definition) is 0. The molecule has 0 atom stereocenters. The van der Waals surface area contributed by atoms with Crippen LogP contribution in [0.15, 0.2) is 186 Å². The van der Waals surface area contributed by atoms with Gasteiger partial charge in [0.15, 0.2) is 0 Å². The Balaban J connectivity index is 1.22. The summed E-state index contributed by atoms with van der Waals surface area (Å²) in [6, 6.07) is 32.4. The summed E-state index contributed by atoms with van der Waals surface area (Å²) in [6.07, 6.45) is 0. The van der Waals surface area contributed by atoms with Gasteiger partial charge in [-0.15, -0.1) is 0 Å². The van der Waals surface area contributed by atoms with Crippen LogP contribution in [0.1, 0.15) is 15.1 Å². The Kier molecular flexibility index (Phi) is 4.11. The Morgan fingerprint density at radius 2 is 1.02 bits per heavy atom. The summed E-state index contributed by atoms with van der Waals surface area (Å²) in [5.74, 6) is 0. The lowest BCUT2D eigenvalue weighted by Crippen LogP contribution is -1.95. The summed E-state index contributed by atoms with van der Waals surface area (Å²) in [5, 5.41) is 3.81. The van der Waals surface area contributed by atoms with Crippen LogP contribution in [0, 0.1) is 0 Å². The summed E-state index contributed by atoms with van der Waals surface area (Å²) in [6.45, 7) is 0. The third-order valence-corrected chi connectivity index (χ3v) is 9.77. The van der Waals surface area contributed by atoms with Crippen LogP contribution in [0.2, 0.25) is 0 Å². The van der Waals surface area contributed by atoms with Crippen molar-refractivity contribution in [3.63, 3.8) is 0 Å². The summed E-state index contributed by atoms with van der Waals surface area (Å²) in [7, 11) is 0. The molecule has 0 spiro atoms. The van der Waals surface area contributed by atoms with Gasteiger partial charge in [-0.05, 0) is 83.3 Å². The lowest BCUT2D eigenvalue weighted by atomic mass is 10.00. The molecule has 3 aromatic heterocycles. The van der Waals surface area contributed by atoms with Crippen molar-refractivity contribution in [1.29, 1.82) is 0 Å². The smallest absolute Gasteiger partial charge is 0.145 e. The fourth-order valence-corrected chi connectivity index (χ4v) is 7.58. The number of rotatable bonds is 4. The number of nitrogens with zero attached hydrogens (tertiary/aromatic N) is 2. The van der Waals surface area contributed by atoms with Crippen molar-refractivity contribution in [2.24, 2.45) is 0 Å². The molecule has 51 heavy (non-hydrogen) atoms. The zero-order valence-electron chi connectivity index (χ0n) is 37.8. The predicted octanol–water partition coefficient (Wildman–Crippen LogP) is 13.1. The van der Waals surface area contributed by atoms with E-state index in [9.17, 15) is 2.74 Å². The number of fused-ring (bicyclic) bond motifs is 9. The number of furan rings is 1. The molecule has 0 amide bonds. The first-order chi connectivity index (χ1) is 29.9. The van der Waals surface area contributed by atoms with E-state index in [4.69, 9.17) is 16.8 Å². The molecular formula is C48H30N2O. The molecule has 0 fully saturated rings. The minimum atomic E-state index is -0.649. The molecule has 238 valence electrons. The Labute approximate surface area is 309 Å². The van der Waals surface area contributed by atoms with Crippen LogP contribution in [0.25, 0.3) is 99.2 Å². The normalized spacial score (nSPS) is 14.9. The van der Waals surface area contributed by atoms with Crippen LogP contribution in [-0.2, 0) is 0 Å². The lowest BCUT2D eigenvalue weighted by Gasteiger charge is -2.12. The molecule has 11 rings (SSSR count). The molecule has 0 N–H and O–H groups in total. The van der Waals surface area contributed by atoms with E-state index in [0.29, 0.717) is 11.0 Å². The molecule has 11 aromatic rings. The van der Waals surface area contributed by atoms with E-state index in [0.717, 1.165) is 49.4 Å². The molecule has 0 saturated heterocycles. The first-order valence-electron chi connectivity index (χ1n) is 22.0. The zero-order chi connectivity index (χ0) is 43.0. The van der Waals surface area contributed by atoms with Crippen molar-refractivity contribution < 1.29 is 19.5 Å². The maximum Gasteiger partial charge on any atom is 0.145 e. The largest absolute Gasteiger partial charge is 0.455 e. The van der Waals surface area contributed by atoms with Crippen molar-refractivity contribution in [2.75, 3.05) is 0 Å². The van der Waals surface area contributed by atoms with Crippen LogP contribution < -0.4 is 0 Å². The summed E-state index contributed by atoms with van der Waals surface area (Å²) in [4.78, 5) is 0. The molecule has 3 heterocycles. The number of aromatic nitrogens is 2. The Morgan fingerprint density at radius 3 is 1.75 bits per heavy atom. The van der Waals surface area contributed by atoms with E-state index in [1.165, 1.54) is 0 Å². The number of hydrogen-bond acceptors (Lipinski definition) is 1. The second-order valence-corrected chi connectivity index (χ2v) is 12.5. The average molecular weight is 662 g/mol. The fraction of sp³-hybridized carbons (Fsp3) is 0. The third kappa shape index (κ3) is 4.12. The quantitative estimate of drug-likeness (QED) is 0.184. The molecular weight excluding hydrogens is 621 g/mol. The van der Waals surface area contributed by atoms with Crippen LogP contribution in [0.3, 0.4) is 0 Å². The zero-order valence-corrected chi connectivity index (χ0v) is 26.8. The first-order valence-corrected chi connectivity index (χ1v) is 16.5. The number of benzene rings is 8. The van der Waals surface area contributed by atoms with E-state index in [1.54, 1.807) is 4.57 Å². The molecule has 0 radical (unpaired) electrons. The van der Waals surface area contributed by atoms with Crippen molar-refractivity contribution >= 4 is 65.6 Å². The molecule has 0 bridgehead atoms. The van der Waals surface area contributed by atoms with Gasteiger partial charge in [0.1, 0.15) is 11.2 Å². The number of para-hydroxylation sites is 4. The van der Waals surface area contributed by atoms with Crippen LogP contribution in [0.5, 0.6) is 0 Å². The molecule has 0 aliphatic carbocycles. The Hall–Kier alpha value is -6.84. The second-order valence-electron chi connectivity index (χ2n) is 12.5. The van der Waals surface area contributed by atoms with E-state index >= 15 is 0 Å². The second kappa shape index (κ2) is 10.8. The SMILES string of the molecule is [2H]c1c([2H])c([2H])c(-c2c([2H])c([2H])c(-n3c4ccccc4c4cc(-c5ccc6c(c5)c5ccccc5n6-c5ccccc5)ccc43)c3c2oc2c([2H])c([2H])c([2H])c([2H])c23)c([2H])c1[2H]. The van der Waals surface area contributed by atoms with Gasteiger partial charge >= 0.3 is 0 Å². The van der Waals surface area contributed by atoms with E-state index in [-0.39, 0.29) is 38.8 Å². The molecule has 0 aliphatic rings. The fourth-order valence-electron chi connectivity index (χ4n) is 7.58. The summed E-state index contributed by atoms with van der Waals surface area (Å²) in [5.41, 5.74) is 5.35. The molecule has 0 saturated carbocycles. The maximum atomic E-state index is 9.71. The van der Waals surface area contributed by atoms with Gasteiger partial charge in [0, 0.05) is 38.2 Å². The minimum absolute atomic E-state index is 0.0433. The summed E-state index contributed by atoms with van der Waals surface area (Å²) >= 11 is 0. The van der Waals surface area contributed by atoms with Gasteiger partial charge in [-0.3, -0.25) is 0 Å². The van der Waals surface area contributed by atoms with E-state index < -0.39 is 66.5 Å². The first kappa shape index (κ1) is 19.4. The van der Waals surface area contributed by atoms with Gasteiger partial charge in [-0.25, -0.2) is 0 Å². The predicted molar refractivity (Wildman–Crippen MR) is 213 cm³/mol. The van der Waals surface area contributed by atoms with Crippen molar-refractivity contribution in [3.8, 4) is 33.6 Å². The van der Waals surface area contributed by atoms with Crippen molar-refractivity contribution in [2.45, 2.75) is 0 Å². The third-order valence-electron chi connectivity index (χ3n) is 9.77. The van der Waals surface area contributed by atoms with Gasteiger partial charge in [0.05, 0.1) is 48.2 Å². The summed E-state index contributed by atoms with van der Waals surface area (Å²) < 4.78 is 107. The molecule has 3 nitrogen and oxygen atoms in total. The highest BCUT2D eigenvalue weighted by atomic mass is 16.3. The van der Waals surface area contributed by atoms with Gasteiger partial charge in [0.2, 0.25) is 0 Å². The molecule has 0 unspecified atom stereocenters. The van der Waals surface area contributed by atoms with E-state index in [1.807, 2.05) is 66.7 Å². The lowest BCUT2D eigenvalue weighted by molar-refractivity contribution is 0.670. The monoisotopic (exact) mass is 661 g/mol. The molecule has 3 heteroatoms. The van der Waals surface area contributed by atoms with Gasteiger partial charge in [-0.1, -0.05) is 115 Å². The van der Waals surface area contributed by atoms with Crippen molar-refractivity contribution in [1.82, 2.24) is 9.13 Å². The highest BCUT2D eigenvalue weighted by molar-refractivity contribution is 6.17. The molecule has 0 aliphatic heterocycles. The highest BCUT2D eigenvalue weighted by Crippen LogP contribution is 2.43. The van der Waals surface area contributed by atoms with Crippen molar-refractivity contribution in [3.05, 3.63) is 182 Å². The standard InChI is InChI=1S/C48H30N2O/c1-3-13-31(14-4-1)35-25-28-45(47-38-19-9-12-22-46(38)51-48(35)47)50-42-21-11-8-18-37(42)40-30-33(24-27-44(40)50)32-23-26-43-39(29-32)36-17-7-10-20-41(36)49(43)34-15-5-2-6-16-34/h1-30H/i1D,3D,4D,9D,12D,13D,14D,19D,22D,25D,28D. The van der Waals surface area contributed by atoms with Crippen LogP contribution in [-0.4, -0.2) is 9.13 Å². The van der Waals surface area contributed by atoms with Crippen LogP contribution >= 0.6 is 0 Å². The Bertz CT molecular complexity index is 3750. The van der Waals surface area contributed by atoms with Gasteiger partial charge in [-0.2, -0.15) is 0 Å². The van der Waals surface area contributed by atoms with Gasteiger partial charge in [0.25, 0.3) is 0 Å². The molecule has 8 aromatic carbocycles. The maximum absolute atomic E-state index is 9.71. The Morgan fingerprint density at radius 1 is 0.431 bits per heavy atom. The average Bonchev–Trinajstić information content (AvgIpc) is 3.96. The van der Waals surface area contributed by atoms with Gasteiger partial charge < -0.3 is 13.6 Å². The minimum Gasteiger partial charge on any atom is -0.455 e. The topological polar surface area (TPSA) is 23.0 Å². The highest BCUT2D eigenvalue weighted by Gasteiger charge is 2.21. The van der Waals surface area contributed by atoms with Crippen LogP contribution in [0.4, 0.5) is 0 Å². The van der Waals surface area contributed by atoms with E-state index in [2.05, 4.69) is 53.1 Å².